The fourth-order valence-electron chi connectivity index (χ4n) is 0.410. The molecule has 0 amide bonds. The van der Waals surface area contributed by atoms with Crippen molar-refractivity contribution in [2.75, 3.05) is 6.54 Å². The van der Waals surface area contributed by atoms with Gasteiger partial charge in [-0.05, 0) is 20.8 Å². The van der Waals surface area contributed by atoms with E-state index in [0.29, 0.717) is 0 Å². The van der Waals surface area contributed by atoms with Crippen LogP contribution in [0.4, 0.5) is 13.2 Å². The summed E-state index contributed by atoms with van der Waals surface area (Å²) < 4.78 is 34.6. The Bertz CT molecular complexity index is 100.0. The third-order valence-corrected chi connectivity index (χ3v) is 0.752. The summed E-state index contributed by atoms with van der Waals surface area (Å²) in [5.74, 6) is 0. The zero-order chi connectivity index (χ0) is 9.12. The summed E-state index contributed by atoms with van der Waals surface area (Å²) in [5, 5.41) is 0. The number of halogens is 3. The molecule has 0 aliphatic carbocycles. The van der Waals surface area contributed by atoms with E-state index in [1.165, 1.54) is 0 Å². The molecule has 0 heterocycles. The molecule has 0 saturated heterocycles. The molecule has 0 aromatic heterocycles. The van der Waals surface area contributed by atoms with Gasteiger partial charge in [0.2, 0.25) is 0 Å². The number of hydrogen-bond donors (Lipinski definition) is 2. The molecule has 0 aliphatic rings. The predicted octanol–water partition coefficient (Wildman–Crippen LogP) is 1.44. The van der Waals surface area contributed by atoms with Crippen molar-refractivity contribution in [3.8, 4) is 0 Å². The first kappa shape index (κ1) is 10.7. The second kappa shape index (κ2) is 3.40. The van der Waals surface area contributed by atoms with Crippen molar-refractivity contribution in [2.24, 2.45) is 0 Å². The second-order valence-electron chi connectivity index (χ2n) is 3.34. The Kier molecular flexibility index (Phi) is 3.31. The van der Waals surface area contributed by atoms with E-state index in [0.717, 1.165) is 0 Å². The number of hydrogen-bond acceptors (Lipinski definition) is 2. The highest BCUT2D eigenvalue weighted by molar-refractivity contribution is 4.67. The lowest BCUT2D eigenvalue weighted by Crippen LogP contribution is -2.49. The highest BCUT2D eigenvalue weighted by atomic mass is 19.4. The molecule has 0 aliphatic heterocycles. The van der Waals surface area contributed by atoms with Gasteiger partial charge in [0, 0.05) is 5.54 Å². The van der Waals surface area contributed by atoms with Gasteiger partial charge in [-0.1, -0.05) is 0 Å². The van der Waals surface area contributed by atoms with Crippen molar-refractivity contribution >= 4 is 0 Å². The lowest BCUT2D eigenvalue weighted by molar-refractivity contribution is -0.127. The van der Waals surface area contributed by atoms with Crippen LogP contribution in [0.3, 0.4) is 0 Å². The van der Waals surface area contributed by atoms with Gasteiger partial charge < -0.3 is 0 Å². The molecular weight excluding hydrogens is 157 g/mol. The van der Waals surface area contributed by atoms with E-state index in [4.69, 9.17) is 0 Å². The normalized spacial score (nSPS) is 13.6. The van der Waals surface area contributed by atoms with E-state index in [-0.39, 0.29) is 5.54 Å². The molecule has 0 spiro atoms. The Morgan fingerprint density at radius 1 is 1.09 bits per heavy atom. The summed E-state index contributed by atoms with van der Waals surface area (Å²) >= 11 is 0. The van der Waals surface area contributed by atoms with Crippen LogP contribution >= 0.6 is 0 Å². The van der Waals surface area contributed by atoms with Gasteiger partial charge >= 0.3 is 6.18 Å². The van der Waals surface area contributed by atoms with Gasteiger partial charge in [0.15, 0.2) is 0 Å². The summed E-state index contributed by atoms with van der Waals surface area (Å²) in [4.78, 5) is 0. The largest absolute Gasteiger partial charge is 0.402 e. The van der Waals surface area contributed by atoms with Crippen LogP contribution in [0.15, 0.2) is 0 Å². The van der Waals surface area contributed by atoms with Crippen molar-refractivity contribution in [3.05, 3.63) is 0 Å². The van der Waals surface area contributed by atoms with Crippen molar-refractivity contribution in [2.45, 2.75) is 32.5 Å². The third kappa shape index (κ3) is 9.71. The zero-order valence-electron chi connectivity index (χ0n) is 6.84. The number of alkyl halides is 3. The Hall–Kier alpha value is -0.290. The maximum absolute atomic E-state index is 11.5. The molecule has 0 atom stereocenters. The van der Waals surface area contributed by atoms with Crippen LogP contribution in [0.25, 0.3) is 0 Å². The summed E-state index contributed by atoms with van der Waals surface area (Å²) in [6.07, 6.45) is -4.15. The van der Waals surface area contributed by atoms with Gasteiger partial charge in [0.25, 0.3) is 0 Å². The SMILES string of the molecule is CC(C)(C)NNCC(F)(F)F. The van der Waals surface area contributed by atoms with Crippen molar-refractivity contribution in [3.63, 3.8) is 0 Å². The van der Waals surface area contributed by atoms with Gasteiger partial charge in [-0.3, -0.25) is 5.43 Å². The summed E-state index contributed by atoms with van der Waals surface area (Å²) in [6.45, 7) is 4.31. The molecule has 0 aromatic carbocycles. The molecule has 68 valence electrons. The molecule has 5 heteroatoms. The van der Waals surface area contributed by atoms with Crippen LogP contribution in [-0.2, 0) is 0 Å². The minimum absolute atomic E-state index is 0.342. The smallest absolute Gasteiger partial charge is 0.252 e. The Morgan fingerprint density at radius 2 is 1.55 bits per heavy atom. The molecule has 0 fully saturated rings. The fourth-order valence-corrected chi connectivity index (χ4v) is 0.410. The molecule has 0 unspecified atom stereocenters. The van der Waals surface area contributed by atoms with Crippen LogP contribution in [-0.4, -0.2) is 18.3 Å². The first-order valence-corrected chi connectivity index (χ1v) is 3.27. The molecule has 0 aromatic rings. The van der Waals surface area contributed by atoms with Crippen molar-refractivity contribution in [1.82, 2.24) is 10.9 Å². The van der Waals surface area contributed by atoms with E-state index in [1.807, 2.05) is 0 Å². The quantitative estimate of drug-likeness (QED) is 0.613. The molecule has 11 heavy (non-hydrogen) atoms. The summed E-state index contributed by atoms with van der Waals surface area (Å²) in [6, 6.07) is 0. The Balaban J connectivity index is 3.44. The van der Waals surface area contributed by atoms with Gasteiger partial charge in [-0.25, -0.2) is 5.43 Å². The van der Waals surface area contributed by atoms with Crippen LogP contribution in [0.1, 0.15) is 20.8 Å². The lowest BCUT2D eigenvalue weighted by Gasteiger charge is -2.21. The molecule has 2 N–H and O–H groups in total. The minimum atomic E-state index is -4.15. The second-order valence-corrected chi connectivity index (χ2v) is 3.34. The van der Waals surface area contributed by atoms with Crippen molar-refractivity contribution in [1.29, 1.82) is 0 Å². The monoisotopic (exact) mass is 170 g/mol. The zero-order valence-corrected chi connectivity index (χ0v) is 6.84. The van der Waals surface area contributed by atoms with Gasteiger partial charge in [-0.15, -0.1) is 0 Å². The molecule has 0 bridgehead atoms. The van der Waals surface area contributed by atoms with Crippen LogP contribution in [0.5, 0.6) is 0 Å². The fraction of sp³-hybridized carbons (Fsp3) is 1.00. The van der Waals surface area contributed by atoms with E-state index >= 15 is 0 Å². The minimum Gasteiger partial charge on any atom is -0.252 e. The standard InChI is InChI=1S/C6H13F3N2/c1-5(2,3)11-10-4-6(7,8)9/h10-11H,4H2,1-3H3. The van der Waals surface area contributed by atoms with E-state index in [2.05, 4.69) is 10.9 Å². The topological polar surface area (TPSA) is 24.1 Å². The summed E-state index contributed by atoms with van der Waals surface area (Å²) in [7, 11) is 0. The number of rotatable bonds is 2. The van der Waals surface area contributed by atoms with Gasteiger partial charge in [-0.2, -0.15) is 13.2 Å². The van der Waals surface area contributed by atoms with Crippen LogP contribution in [0.2, 0.25) is 0 Å². The lowest BCUT2D eigenvalue weighted by atomic mass is 10.1. The van der Waals surface area contributed by atoms with E-state index in [9.17, 15) is 13.2 Å². The molecule has 0 rings (SSSR count). The molecule has 0 radical (unpaired) electrons. The summed E-state index contributed by atoms with van der Waals surface area (Å²) in [5.41, 5.74) is 4.26. The van der Waals surface area contributed by atoms with Crippen molar-refractivity contribution < 1.29 is 13.2 Å². The highest BCUT2D eigenvalue weighted by Crippen LogP contribution is 2.11. The maximum atomic E-state index is 11.5. The van der Waals surface area contributed by atoms with E-state index in [1.54, 1.807) is 20.8 Å². The highest BCUT2D eigenvalue weighted by Gasteiger charge is 2.26. The van der Waals surface area contributed by atoms with Crippen LogP contribution < -0.4 is 10.9 Å². The average molecular weight is 170 g/mol. The van der Waals surface area contributed by atoms with Gasteiger partial charge in [0.1, 0.15) is 6.54 Å². The third-order valence-electron chi connectivity index (χ3n) is 0.752. The maximum Gasteiger partial charge on any atom is 0.402 e. The molecule has 0 saturated carbocycles. The van der Waals surface area contributed by atoms with E-state index < -0.39 is 12.7 Å². The Labute approximate surface area is 64.1 Å². The number of hydrazine groups is 1. The first-order chi connectivity index (χ1) is 4.71. The van der Waals surface area contributed by atoms with Crippen LogP contribution in [0, 0.1) is 0 Å². The number of nitrogens with one attached hydrogen (secondary N) is 2. The average Bonchev–Trinajstić information content (AvgIpc) is 1.55. The molecular formula is C6H13F3N2. The predicted molar refractivity (Wildman–Crippen MR) is 36.9 cm³/mol. The molecule has 2 nitrogen and oxygen atoms in total. The Morgan fingerprint density at radius 3 is 1.82 bits per heavy atom. The van der Waals surface area contributed by atoms with Gasteiger partial charge in [0.05, 0.1) is 0 Å². The first-order valence-electron chi connectivity index (χ1n) is 3.27.